The van der Waals surface area contributed by atoms with Gasteiger partial charge in [0.15, 0.2) is 0 Å². The van der Waals surface area contributed by atoms with Crippen LogP contribution in [0.3, 0.4) is 0 Å². The third kappa shape index (κ3) is 4.52. The molecule has 0 bridgehead atoms. The van der Waals surface area contributed by atoms with Crippen LogP contribution in [-0.4, -0.2) is 38.1 Å². The number of amides is 2. The summed E-state index contributed by atoms with van der Waals surface area (Å²) in [5.74, 6) is 0.268. The molecule has 2 N–H and O–H groups in total. The highest BCUT2D eigenvalue weighted by molar-refractivity contribution is 6.33. The minimum absolute atomic E-state index is 0.0518. The van der Waals surface area contributed by atoms with E-state index in [4.69, 9.17) is 16.3 Å². The molecule has 1 aliphatic rings. The Kier molecular flexibility index (Phi) is 6.19. The fourth-order valence-corrected chi connectivity index (χ4v) is 3.37. The van der Waals surface area contributed by atoms with Gasteiger partial charge in [-0.15, -0.1) is 0 Å². The topological polar surface area (TPSA) is 70.7 Å². The Bertz CT molecular complexity index is 828. The van der Waals surface area contributed by atoms with Crippen molar-refractivity contribution in [2.75, 3.05) is 30.4 Å². The number of carbonyl (C=O) groups is 2. The lowest BCUT2D eigenvalue weighted by molar-refractivity contribution is -0.127. The van der Waals surface area contributed by atoms with Gasteiger partial charge in [-0.3, -0.25) is 9.59 Å². The number of ether oxygens (including phenoxy) is 1. The Morgan fingerprint density at radius 3 is 2.74 bits per heavy atom. The number of para-hydroxylation sites is 3. The fraction of sp³-hybridized carbons (Fsp3) is 0.300. The predicted molar refractivity (Wildman–Crippen MR) is 106 cm³/mol. The van der Waals surface area contributed by atoms with Gasteiger partial charge in [-0.2, -0.15) is 0 Å². The van der Waals surface area contributed by atoms with Crippen LogP contribution in [0.1, 0.15) is 12.8 Å². The van der Waals surface area contributed by atoms with Crippen LogP contribution in [0.4, 0.5) is 11.4 Å². The van der Waals surface area contributed by atoms with E-state index in [9.17, 15) is 9.59 Å². The number of piperidine rings is 1. The van der Waals surface area contributed by atoms with Gasteiger partial charge in [0.1, 0.15) is 11.8 Å². The van der Waals surface area contributed by atoms with Gasteiger partial charge in [0.25, 0.3) is 0 Å². The maximum Gasteiger partial charge on any atom is 0.249 e. The molecule has 1 atom stereocenters. The highest BCUT2D eigenvalue weighted by atomic mass is 35.5. The van der Waals surface area contributed by atoms with Crippen LogP contribution in [0.2, 0.25) is 5.02 Å². The van der Waals surface area contributed by atoms with Crippen molar-refractivity contribution in [1.82, 2.24) is 5.32 Å². The van der Waals surface area contributed by atoms with Crippen molar-refractivity contribution in [2.24, 2.45) is 0 Å². The first-order valence-electron chi connectivity index (χ1n) is 8.82. The number of anilines is 2. The number of carbonyl (C=O) groups excluding carboxylic acids is 2. The van der Waals surface area contributed by atoms with Crippen molar-refractivity contribution in [3.63, 3.8) is 0 Å². The molecular formula is C20H22ClN3O3. The van der Waals surface area contributed by atoms with E-state index in [1.807, 2.05) is 42.5 Å². The number of nitrogens with one attached hydrogen (secondary N) is 2. The van der Waals surface area contributed by atoms with Crippen LogP contribution >= 0.6 is 11.6 Å². The molecule has 1 aliphatic heterocycles. The molecule has 1 fully saturated rings. The molecule has 0 saturated carbocycles. The molecule has 142 valence electrons. The lowest BCUT2D eigenvalue weighted by Crippen LogP contribution is -2.53. The fourth-order valence-electron chi connectivity index (χ4n) is 3.13. The van der Waals surface area contributed by atoms with E-state index in [1.54, 1.807) is 18.1 Å². The molecule has 1 unspecified atom stereocenters. The molecule has 27 heavy (non-hydrogen) atoms. The Labute approximate surface area is 163 Å². The van der Waals surface area contributed by atoms with E-state index in [0.717, 1.165) is 12.1 Å². The van der Waals surface area contributed by atoms with Crippen LogP contribution in [0.15, 0.2) is 48.5 Å². The Balaban J connectivity index is 1.60. The number of hydrogen-bond acceptors (Lipinski definition) is 4. The SMILES string of the molecule is COc1ccccc1NCC(=O)NC1CCCN(c2ccccc2Cl)C1=O. The summed E-state index contributed by atoms with van der Waals surface area (Å²) in [5, 5.41) is 6.38. The van der Waals surface area contributed by atoms with E-state index in [-0.39, 0.29) is 18.4 Å². The van der Waals surface area contributed by atoms with Gasteiger partial charge in [0.05, 0.1) is 30.1 Å². The Hall–Kier alpha value is -2.73. The third-order valence-electron chi connectivity index (χ3n) is 4.46. The second kappa shape index (κ2) is 8.77. The summed E-state index contributed by atoms with van der Waals surface area (Å²) in [4.78, 5) is 26.8. The minimum Gasteiger partial charge on any atom is -0.495 e. The maximum atomic E-state index is 12.8. The normalized spacial score (nSPS) is 16.7. The monoisotopic (exact) mass is 387 g/mol. The average molecular weight is 388 g/mol. The molecule has 3 rings (SSSR count). The van der Waals surface area contributed by atoms with Crippen LogP contribution in [0.25, 0.3) is 0 Å². The average Bonchev–Trinajstić information content (AvgIpc) is 2.69. The maximum absolute atomic E-state index is 12.8. The molecule has 1 heterocycles. The van der Waals surface area contributed by atoms with Gasteiger partial charge in [0, 0.05) is 6.54 Å². The summed E-state index contributed by atoms with van der Waals surface area (Å²) >= 11 is 6.22. The highest BCUT2D eigenvalue weighted by Crippen LogP contribution is 2.28. The molecule has 2 amide bonds. The molecule has 1 saturated heterocycles. The standard InChI is InChI=1S/C20H22ClN3O3/c1-27-18-11-5-3-8-15(18)22-13-19(25)23-16-9-6-12-24(20(16)26)17-10-4-2-7-14(17)21/h2-5,7-8,10-11,16,22H,6,9,12-13H2,1H3,(H,23,25). The number of hydrogen-bond donors (Lipinski definition) is 2. The van der Waals surface area contributed by atoms with E-state index < -0.39 is 6.04 Å². The highest BCUT2D eigenvalue weighted by Gasteiger charge is 2.31. The van der Waals surface area contributed by atoms with E-state index >= 15 is 0 Å². The van der Waals surface area contributed by atoms with Crippen molar-refractivity contribution in [2.45, 2.75) is 18.9 Å². The van der Waals surface area contributed by atoms with Gasteiger partial charge in [-0.05, 0) is 37.1 Å². The first-order valence-corrected chi connectivity index (χ1v) is 9.20. The van der Waals surface area contributed by atoms with Crippen molar-refractivity contribution < 1.29 is 14.3 Å². The van der Waals surface area contributed by atoms with Gasteiger partial charge in [-0.25, -0.2) is 0 Å². The zero-order chi connectivity index (χ0) is 19.2. The minimum atomic E-state index is -0.554. The van der Waals surface area contributed by atoms with Crippen molar-refractivity contribution in [3.8, 4) is 5.75 Å². The second-order valence-corrected chi connectivity index (χ2v) is 6.66. The Morgan fingerprint density at radius 1 is 1.22 bits per heavy atom. The smallest absolute Gasteiger partial charge is 0.249 e. The molecule has 6 nitrogen and oxygen atoms in total. The quantitative estimate of drug-likeness (QED) is 0.799. The number of rotatable bonds is 6. The molecule has 2 aromatic rings. The summed E-state index contributed by atoms with van der Waals surface area (Å²) in [6, 6.07) is 14.0. The van der Waals surface area contributed by atoms with E-state index in [0.29, 0.717) is 29.4 Å². The van der Waals surface area contributed by atoms with Crippen molar-refractivity contribution in [3.05, 3.63) is 53.6 Å². The zero-order valence-corrected chi connectivity index (χ0v) is 15.8. The first kappa shape index (κ1) is 19.0. The summed E-state index contributed by atoms with van der Waals surface area (Å²) in [6.07, 6.45) is 1.40. The number of halogens is 1. The molecule has 2 aromatic carbocycles. The molecule has 0 radical (unpaired) electrons. The van der Waals surface area contributed by atoms with Crippen molar-refractivity contribution in [1.29, 1.82) is 0 Å². The largest absolute Gasteiger partial charge is 0.495 e. The number of benzene rings is 2. The van der Waals surface area contributed by atoms with Gasteiger partial charge >= 0.3 is 0 Å². The molecular weight excluding hydrogens is 366 g/mol. The van der Waals surface area contributed by atoms with Crippen LogP contribution in [0.5, 0.6) is 5.75 Å². The Morgan fingerprint density at radius 2 is 1.96 bits per heavy atom. The van der Waals surface area contributed by atoms with Crippen LogP contribution in [-0.2, 0) is 9.59 Å². The molecule has 0 aliphatic carbocycles. The molecule has 0 aromatic heterocycles. The van der Waals surface area contributed by atoms with Gasteiger partial charge < -0.3 is 20.3 Å². The van der Waals surface area contributed by atoms with Crippen LogP contribution < -0.4 is 20.3 Å². The summed E-state index contributed by atoms with van der Waals surface area (Å²) in [5.41, 5.74) is 1.40. The molecule has 7 heteroatoms. The first-order chi connectivity index (χ1) is 13.1. The lowest BCUT2D eigenvalue weighted by atomic mass is 10.0. The number of methoxy groups -OCH3 is 1. The van der Waals surface area contributed by atoms with Crippen molar-refractivity contribution >= 4 is 34.8 Å². The molecule has 0 spiro atoms. The van der Waals surface area contributed by atoms with Crippen LogP contribution in [0, 0.1) is 0 Å². The van der Waals surface area contributed by atoms with Gasteiger partial charge in [-0.1, -0.05) is 35.9 Å². The predicted octanol–water partition coefficient (Wildman–Crippen LogP) is 3.07. The third-order valence-corrected chi connectivity index (χ3v) is 4.78. The van der Waals surface area contributed by atoms with E-state index in [2.05, 4.69) is 10.6 Å². The van der Waals surface area contributed by atoms with Gasteiger partial charge in [0.2, 0.25) is 11.8 Å². The second-order valence-electron chi connectivity index (χ2n) is 6.26. The van der Waals surface area contributed by atoms with E-state index in [1.165, 1.54) is 0 Å². The lowest BCUT2D eigenvalue weighted by Gasteiger charge is -2.33. The zero-order valence-electron chi connectivity index (χ0n) is 15.1. The number of nitrogens with zero attached hydrogens (tertiary/aromatic N) is 1. The summed E-state index contributed by atoms with van der Waals surface area (Å²) in [7, 11) is 1.57. The summed E-state index contributed by atoms with van der Waals surface area (Å²) in [6.45, 7) is 0.643. The summed E-state index contributed by atoms with van der Waals surface area (Å²) < 4.78 is 5.25.